The van der Waals surface area contributed by atoms with Gasteiger partial charge in [0, 0.05) is 19.1 Å². The van der Waals surface area contributed by atoms with E-state index in [0.717, 1.165) is 44.6 Å². The van der Waals surface area contributed by atoms with Gasteiger partial charge in [0.15, 0.2) is 0 Å². The summed E-state index contributed by atoms with van der Waals surface area (Å²) in [6.07, 6.45) is 5.56. The third-order valence-corrected chi connectivity index (χ3v) is 4.33. The Labute approximate surface area is 201 Å². The minimum atomic E-state index is 0. The average Bonchev–Trinajstić information content (AvgIpc) is 2.88. The van der Waals surface area contributed by atoms with E-state index in [4.69, 9.17) is 4.74 Å². The Morgan fingerprint density at radius 2 is 1.84 bits per heavy atom. The number of carbonyl (C=O) groups excluding carboxylic acids is 1. The van der Waals surface area contributed by atoms with Crippen molar-refractivity contribution in [3.8, 4) is 5.75 Å². The van der Waals surface area contributed by atoms with E-state index in [1.165, 1.54) is 18.4 Å². The third kappa shape index (κ3) is 9.00. The van der Waals surface area contributed by atoms with Crippen LogP contribution in [-0.2, 0) is 6.42 Å². The fraction of sp³-hybridized carbons (Fsp3) is 0.579. The molecular weight excluding hydrogens is 388 g/mol. The second kappa shape index (κ2) is 13.3. The van der Waals surface area contributed by atoms with Crippen LogP contribution < -0.4 is 73.6 Å². The van der Waals surface area contributed by atoms with Crippen molar-refractivity contribution in [2.45, 2.75) is 45.1 Å². The summed E-state index contributed by atoms with van der Waals surface area (Å²) in [5, 5.41) is 6.37. The van der Waals surface area contributed by atoms with Crippen LogP contribution in [0.25, 0.3) is 0 Å². The maximum absolute atomic E-state index is 12.2. The van der Waals surface area contributed by atoms with Gasteiger partial charge < -0.3 is 20.3 Å². The normalized spacial score (nSPS) is 15.7. The molecule has 6 heteroatoms. The predicted molar refractivity (Wildman–Crippen MR) is 97.0 cm³/mol. The number of nitrogens with one attached hydrogen (secondary N) is 2. The van der Waals surface area contributed by atoms with Crippen molar-refractivity contribution in [2.24, 2.45) is 0 Å². The van der Waals surface area contributed by atoms with Gasteiger partial charge >= 0.3 is 64.2 Å². The Bertz CT molecular complexity index is 488. The van der Waals surface area contributed by atoms with Crippen molar-refractivity contribution in [3.63, 3.8) is 0 Å². The van der Waals surface area contributed by atoms with Gasteiger partial charge in [-0.3, -0.25) is 6.54 Å². The van der Waals surface area contributed by atoms with Gasteiger partial charge in [0.05, 0.1) is 7.11 Å². The zero-order valence-electron chi connectivity index (χ0n) is 15.9. The third-order valence-electron chi connectivity index (χ3n) is 4.33. The molecule has 2 rings (SSSR count). The summed E-state index contributed by atoms with van der Waals surface area (Å²) in [7, 11) is 1.67. The van der Waals surface area contributed by atoms with Crippen LogP contribution in [0, 0.1) is 6.54 Å². The first-order valence-electron chi connectivity index (χ1n) is 8.92. The second-order valence-electron chi connectivity index (χ2n) is 6.42. The van der Waals surface area contributed by atoms with Crippen molar-refractivity contribution < 1.29 is 67.7 Å². The average molecular weight is 418 g/mol. The Kier molecular flexibility index (Phi) is 12.2. The number of hydrogen-bond acceptors (Lipinski definition) is 3. The van der Waals surface area contributed by atoms with Crippen molar-refractivity contribution in [3.05, 3.63) is 36.4 Å². The molecular formula is C19H30N3O2Rb. The number of nitrogens with zero attached hydrogens (tertiary/aromatic N) is 1. The van der Waals surface area contributed by atoms with E-state index in [9.17, 15) is 4.79 Å². The van der Waals surface area contributed by atoms with Crippen LogP contribution in [0.2, 0.25) is 0 Å². The minimum Gasteiger partial charge on any atom is -0.497 e. The monoisotopic (exact) mass is 417 g/mol. The molecule has 2 N–H and O–H groups in total. The summed E-state index contributed by atoms with van der Waals surface area (Å²) in [6.45, 7) is 6.57. The number of ether oxygens (including phenoxy) is 1. The summed E-state index contributed by atoms with van der Waals surface area (Å²) >= 11 is 0. The largest absolute Gasteiger partial charge is 1.00 e. The molecule has 25 heavy (non-hydrogen) atoms. The molecule has 5 nitrogen and oxygen atoms in total. The number of amides is 2. The maximum atomic E-state index is 12.2. The van der Waals surface area contributed by atoms with E-state index < -0.39 is 0 Å². The van der Waals surface area contributed by atoms with Crippen LogP contribution in [-0.4, -0.2) is 43.7 Å². The van der Waals surface area contributed by atoms with E-state index >= 15 is 0 Å². The zero-order valence-corrected chi connectivity index (χ0v) is 20.8. The first-order chi connectivity index (χ1) is 11.7. The Balaban J connectivity index is 0.00000312. The molecule has 1 fully saturated rings. The molecule has 0 bridgehead atoms. The molecule has 1 aromatic carbocycles. The maximum Gasteiger partial charge on any atom is 1.00 e. The molecule has 0 saturated carbocycles. The van der Waals surface area contributed by atoms with Crippen LogP contribution in [0.5, 0.6) is 5.75 Å². The zero-order chi connectivity index (χ0) is 17.2. The molecule has 134 valence electrons. The Morgan fingerprint density at radius 3 is 2.44 bits per heavy atom. The number of methoxy groups -OCH3 is 1. The number of likely N-dealkylation sites (tertiary alicyclic amines) is 1. The smallest absolute Gasteiger partial charge is 0.497 e. The van der Waals surface area contributed by atoms with Crippen molar-refractivity contribution >= 4 is 6.03 Å². The van der Waals surface area contributed by atoms with Gasteiger partial charge in [0.25, 0.3) is 0 Å². The van der Waals surface area contributed by atoms with Crippen molar-refractivity contribution in [1.29, 1.82) is 0 Å². The van der Waals surface area contributed by atoms with Crippen LogP contribution in [0.4, 0.5) is 4.79 Å². The number of benzene rings is 1. The molecule has 0 aliphatic carbocycles. The summed E-state index contributed by atoms with van der Waals surface area (Å²) in [5.74, 6) is 0.872. The van der Waals surface area contributed by atoms with Crippen LogP contribution >= 0.6 is 0 Å². The quantitative estimate of drug-likeness (QED) is 0.484. The van der Waals surface area contributed by atoms with Gasteiger partial charge in [-0.2, -0.15) is 0 Å². The summed E-state index contributed by atoms with van der Waals surface area (Å²) in [4.78, 5) is 14.2. The molecule has 1 heterocycles. The van der Waals surface area contributed by atoms with Crippen molar-refractivity contribution in [2.75, 3.05) is 26.7 Å². The van der Waals surface area contributed by atoms with Gasteiger partial charge in [-0.15, -0.1) is 6.42 Å². The van der Waals surface area contributed by atoms with E-state index in [1.807, 2.05) is 30.5 Å². The standard InChI is InChI=1S/C19H30N3O2.Rb/c1-16(21-19(23)22-13-5-3-4-6-14-22)15-20-12-11-17-7-9-18(24-2)10-8-17;/h7-10,12,16,20H,3-6,11,13-15H2,1-2H3,(H,21,23);/q-1;+1. The second-order valence-corrected chi connectivity index (χ2v) is 6.42. The minimum absolute atomic E-state index is 0. The Hall–Kier alpha value is 0.0552. The van der Waals surface area contributed by atoms with Crippen LogP contribution in [0.15, 0.2) is 24.3 Å². The van der Waals surface area contributed by atoms with Gasteiger partial charge in [0.1, 0.15) is 5.75 Å². The summed E-state index contributed by atoms with van der Waals surface area (Å²) in [6, 6.07) is 8.22. The first-order valence-corrected chi connectivity index (χ1v) is 8.92. The predicted octanol–water partition coefficient (Wildman–Crippen LogP) is -0.0328. The number of carbonyl (C=O) groups is 1. The molecule has 1 atom stereocenters. The fourth-order valence-corrected chi connectivity index (χ4v) is 2.84. The summed E-state index contributed by atoms with van der Waals surface area (Å²) < 4.78 is 5.15. The molecule has 1 unspecified atom stereocenters. The molecule has 1 aromatic rings. The van der Waals surface area contributed by atoms with Gasteiger partial charge in [-0.25, -0.2) is 4.79 Å². The number of urea groups is 1. The van der Waals surface area contributed by atoms with Crippen molar-refractivity contribution in [1.82, 2.24) is 15.5 Å². The first kappa shape index (κ1) is 23.1. The van der Waals surface area contributed by atoms with Gasteiger partial charge in [-0.05, 0) is 38.4 Å². The Morgan fingerprint density at radius 1 is 1.20 bits per heavy atom. The van der Waals surface area contributed by atoms with Crippen LogP contribution in [0.1, 0.15) is 38.2 Å². The molecule has 0 aromatic heterocycles. The fourth-order valence-electron chi connectivity index (χ4n) is 2.84. The molecule has 1 saturated heterocycles. The van der Waals surface area contributed by atoms with E-state index in [1.54, 1.807) is 7.11 Å². The SMILES string of the molecule is COc1ccc(C[CH-]NCC(C)NC(=O)N2CCCCCC2)cc1.[Rb+]. The summed E-state index contributed by atoms with van der Waals surface area (Å²) in [5.41, 5.74) is 1.23. The van der Waals surface area contributed by atoms with E-state index in [-0.39, 0.29) is 70.3 Å². The van der Waals surface area contributed by atoms with Gasteiger partial charge in [-0.1, -0.05) is 30.5 Å². The molecule has 2 amide bonds. The molecule has 1 aliphatic rings. The van der Waals surface area contributed by atoms with E-state index in [2.05, 4.69) is 22.8 Å². The van der Waals surface area contributed by atoms with Crippen LogP contribution in [0.3, 0.4) is 0 Å². The van der Waals surface area contributed by atoms with E-state index in [0.29, 0.717) is 0 Å². The number of hydrogen-bond donors (Lipinski definition) is 2. The topological polar surface area (TPSA) is 53.6 Å². The number of rotatable bonds is 7. The molecule has 1 aliphatic heterocycles. The molecule has 0 spiro atoms. The molecule has 0 radical (unpaired) electrons. The van der Waals surface area contributed by atoms with Gasteiger partial charge in [0.2, 0.25) is 0 Å².